The van der Waals surface area contributed by atoms with Crippen molar-refractivity contribution in [3.05, 3.63) is 23.9 Å². The summed E-state index contributed by atoms with van der Waals surface area (Å²) in [6.45, 7) is 0. The van der Waals surface area contributed by atoms with Gasteiger partial charge in [0.15, 0.2) is 0 Å². The van der Waals surface area contributed by atoms with Crippen LogP contribution in [0, 0.1) is 0 Å². The van der Waals surface area contributed by atoms with Crippen molar-refractivity contribution in [1.29, 1.82) is 0 Å². The zero-order valence-electron chi connectivity index (χ0n) is 8.69. The molecule has 0 bridgehead atoms. The summed E-state index contributed by atoms with van der Waals surface area (Å²) in [5, 5.41) is 2.69. The van der Waals surface area contributed by atoms with Gasteiger partial charge in [0.05, 0.1) is 12.7 Å². The fourth-order valence-electron chi connectivity index (χ4n) is 1.18. The Balaban J connectivity index is 2.88. The van der Waals surface area contributed by atoms with Gasteiger partial charge in [0, 0.05) is 0 Å². The summed E-state index contributed by atoms with van der Waals surface area (Å²) in [5.74, 6) is -0.936. The lowest BCUT2D eigenvalue weighted by Crippen LogP contribution is -2.44. The number of nitrogens with zero attached hydrogens (tertiary/aromatic N) is 1. The van der Waals surface area contributed by atoms with Gasteiger partial charge in [-0.05, 0) is 18.4 Å². The molecule has 0 aromatic heterocycles. The molecule has 0 saturated heterocycles. The number of carbonyl (C=O) groups is 2. The molecule has 1 N–H and O–H groups in total. The molecule has 0 saturated carbocycles. The van der Waals surface area contributed by atoms with E-state index in [1.165, 1.54) is 0 Å². The summed E-state index contributed by atoms with van der Waals surface area (Å²) in [7, 11) is 1.05. The third-order valence-corrected chi connectivity index (χ3v) is 1.99. The number of imide groups is 1. The molecule has 5 nitrogen and oxygen atoms in total. The predicted molar refractivity (Wildman–Crippen MR) is 50.1 cm³/mol. The molecule has 1 aliphatic heterocycles. The van der Waals surface area contributed by atoms with Crippen LogP contribution < -0.4 is 5.32 Å². The molecule has 0 aromatic carbocycles. The standard InChI is InChI=1S/C9H9F3N2O3/c1-17-14(5-15)8(16)7-4-6(2-3-13-7)9(10,11)12/h2-5,7,13H,1H3. The molecular weight excluding hydrogens is 241 g/mol. The highest BCUT2D eigenvalue weighted by Gasteiger charge is 2.35. The average molecular weight is 250 g/mol. The summed E-state index contributed by atoms with van der Waals surface area (Å²) in [4.78, 5) is 26.3. The van der Waals surface area contributed by atoms with Crippen molar-refractivity contribution in [2.45, 2.75) is 12.2 Å². The topological polar surface area (TPSA) is 58.6 Å². The van der Waals surface area contributed by atoms with Gasteiger partial charge in [0.1, 0.15) is 6.04 Å². The second kappa shape index (κ2) is 5.00. The number of hydrogen-bond acceptors (Lipinski definition) is 4. The highest BCUT2D eigenvalue weighted by atomic mass is 19.4. The highest BCUT2D eigenvalue weighted by Crippen LogP contribution is 2.28. The minimum absolute atomic E-state index is 0.0729. The Morgan fingerprint density at radius 2 is 2.24 bits per heavy atom. The number of allylic oxidation sites excluding steroid dienone is 2. The van der Waals surface area contributed by atoms with Crippen molar-refractivity contribution < 1.29 is 27.6 Å². The maximum absolute atomic E-state index is 12.4. The quantitative estimate of drug-likeness (QED) is 0.585. The first-order valence-electron chi connectivity index (χ1n) is 4.44. The number of nitrogens with one attached hydrogen (secondary N) is 1. The average Bonchev–Trinajstić information content (AvgIpc) is 2.29. The maximum atomic E-state index is 12.4. The van der Waals surface area contributed by atoms with E-state index in [9.17, 15) is 22.8 Å². The van der Waals surface area contributed by atoms with Crippen LogP contribution in [0.15, 0.2) is 23.9 Å². The largest absolute Gasteiger partial charge is 0.416 e. The number of hydrogen-bond donors (Lipinski definition) is 1. The van der Waals surface area contributed by atoms with Crippen LogP contribution in [0.1, 0.15) is 0 Å². The fraction of sp³-hybridized carbons (Fsp3) is 0.333. The first-order valence-corrected chi connectivity index (χ1v) is 4.44. The number of carbonyl (C=O) groups excluding carboxylic acids is 2. The monoisotopic (exact) mass is 250 g/mol. The van der Waals surface area contributed by atoms with Gasteiger partial charge in [-0.3, -0.25) is 14.4 Å². The molecule has 1 unspecified atom stereocenters. The number of hydroxylamine groups is 2. The van der Waals surface area contributed by atoms with Crippen LogP contribution >= 0.6 is 0 Å². The minimum Gasteiger partial charge on any atom is -0.376 e. The van der Waals surface area contributed by atoms with Crippen molar-refractivity contribution in [2.75, 3.05) is 7.11 Å². The van der Waals surface area contributed by atoms with Crippen LogP contribution in [0.3, 0.4) is 0 Å². The Hall–Kier alpha value is -1.83. The number of halogens is 3. The van der Waals surface area contributed by atoms with Crippen LogP contribution in [0.2, 0.25) is 0 Å². The normalized spacial score (nSPS) is 19.3. The predicted octanol–water partition coefficient (Wildman–Crippen LogP) is 0.507. The van der Waals surface area contributed by atoms with Gasteiger partial charge >= 0.3 is 6.18 Å². The first-order chi connectivity index (χ1) is 7.90. The molecule has 0 fully saturated rings. The third-order valence-electron chi connectivity index (χ3n) is 1.99. The summed E-state index contributed by atoms with van der Waals surface area (Å²) < 4.78 is 37.1. The Bertz CT molecular complexity index is 376. The second-order valence-corrected chi connectivity index (χ2v) is 3.05. The van der Waals surface area contributed by atoms with Gasteiger partial charge in [0.25, 0.3) is 5.91 Å². The van der Waals surface area contributed by atoms with E-state index >= 15 is 0 Å². The van der Waals surface area contributed by atoms with Crippen molar-refractivity contribution in [1.82, 2.24) is 10.4 Å². The summed E-state index contributed by atoms with van der Waals surface area (Å²) >= 11 is 0. The third kappa shape index (κ3) is 3.06. The highest BCUT2D eigenvalue weighted by molar-refractivity contribution is 5.90. The zero-order valence-corrected chi connectivity index (χ0v) is 8.69. The first kappa shape index (κ1) is 13.2. The van der Waals surface area contributed by atoms with Crippen molar-refractivity contribution >= 4 is 12.3 Å². The summed E-state index contributed by atoms with van der Waals surface area (Å²) in [5.41, 5.74) is -0.962. The van der Waals surface area contributed by atoms with Crippen LogP contribution in [-0.2, 0) is 14.4 Å². The molecule has 1 aliphatic rings. The Morgan fingerprint density at radius 1 is 1.59 bits per heavy atom. The Kier molecular flexibility index (Phi) is 3.89. The lowest BCUT2D eigenvalue weighted by Gasteiger charge is -2.22. The lowest BCUT2D eigenvalue weighted by molar-refractivity contribution is -0.178. The molecule has 0 aromatic rings. The van der Waals surface area contributed by atoms with E-state index in [0.717, 1.165) is 19.4 Å². The van der Waals surface area contributed by atoms with Crippen molar-refractivity contribution in [3.8, 4) is 0 Å². The van der Waals surface area contributed by atoms with Gasteiger partial charge in [-0.2, -0.15) is 18.2 Å². The molecule has 17 heavy (non-hydrogen) atoms. The second-order valence-electron chi connectivity index (χ2n) is 3.05. The van der Waals surface area contributed by atoms with Crippen LogP contribution in [0.5, 0.6) is 0 Å². The molecule has 1 atom stereocenters. The smallest absolute Gasteiger partial charge is 0.376 e. The maximum Gasteiger partial charge on any atom is 0.416 e. The van der Waals surface area contributed by atoms with E-state index in [1.807, 2.05) is 0 Å². The molecule has 1 heterocycles. The summed E-state index contributed by atoms with van der Waals surface area (Å²) in [6, 6.07) is -1.29. The molecule has 94 valence electrons. The number of amides is 2. The molecular formula is C9H9F3N2O3. The van der Waals surface area contributed by atoms with E-state index < -0.39 is 23.7 Å². The Morgan fingerprint density at radius 3 is 2.71 bits per heavy atom. The SMILES string of the molecule is CON(C=O)C(=O)C1C=C(C(F)(F)F)C=CN1. The fourth-order valence-corrected chi connectivity index (χ4v) is 1.18. The molecule has 2 amide bonds. The van der Waals surface area contributed by atoms with E-state index in [-0.39, 0.29) is 6.41 Å². The van der Waals surface area contributed by atoms with Crippen LogP contribution in [0.25, 0.3) is 0 Å². The van der Waals surface area contributed by atoms with E-state index in [2.05, 4.69) is 10.2 Å². The van der Waals surface area contributed by atoms with E-state index in [0.29, 0.717) is 11.1 Å². The molecule has 0 aliphatic carbocycles. The molecule has 8 heteroatoms. The zero-order chi connectivity index (χ0) is 13.1. The van der Waals surface area contributed by atoms with Gasteiger partial charge in [0.2, 0.25) is 6.41 Å². The summed E-state index contributed by atoms with van der Waals surface area (Å²) in [6.07, 6.45) is -2.01. The number of alkyl halides is 3. The van der Waals surface area contributed by atoms with Crippen molar-refractivity contribution in [3.63, 3.8) is 0 Å². The van der Waals surface area contributed by atoms with E-state index in [1.54, 1.807) is 0 Å². The van der Waals surface area contributed by atoms with Crippen LogP contribution in [-0.4, -0.2) is 36.7 Å². The van der Waals surface area contributed by atoms with Gasteiger partial charge in [-0.25, -0.2) is 0 Å². The van der Waals surface area contributed by atoms with E-state index in [4.69, 9.17) is 0 Å². The van der Waals surface area contributed by atoms with Gasteiger partial charge in [-0.1, -0.05) is 0 Å². The van der Waals surface area contributed by atoms with Gasteiger partial charge in [-0.15, -0.1) is 0 Å². The van der Waals surface area contributed by atoms with Crippen molar-refractivity contribution in [2.24, 2.45) is 0 Å². The minimum atomic E-state index is -4.55. The number of rotatable bonds is 3. The Labute approximate surface area is 94.5 Å². The molecule has 0 spiro atoms. The number of dihydropyridines is 1. The lowest BCUT2D eigenvalue weighted by atomic mass is 10.1. The molecule has 0 radical (unpaired) electrons. The van der Waals surface area contributed by atoms with Crippen LogP contribution in [0.4, 0.5) is 13.2 Å². The molecule has 1 rings (SSSR count). The van der Waals surface area contributed by atoms with Gasteiger partial charge < -0.3 is 5.32 Å².